The Morgan fingerprint density at radius 3 is 2.62 bits per heavy atom. The minimum Gasteiger partial charge on any atom is -0.104 e. The summed E-state index contributed by atoms with van der Waals surface area (Å²) in [5.74, 6) is 0. The predicted molar refractivity (Wildman–Crippen MR) is 72.5 cm³/mol. The third-order valence-corrected chi connectivity index (χ3v) is 2.74. The zero-order valence-corrected chi connectivity index (χ0v) is 10.6. The molecule has 0 atom stereocenters. The SMILES string of the molecule is CCCCCCC(Cl)=C=Cc1ccccc1. The molecule has 0 saturated carbocycles. The first-order valence-electron chi connectivity index (χ1n) is 5.99. The molecule has 0 saturated heterocycles. The first kappa shape index (κ1) is 13.1. The average Bonchev–Trinajstić information content (AvgIpc) is 2.33. The first-order valence-corrected chi connectivity index (χ1v) is 6.37. The van der Waals surface area contributed by atoms with Crippen LogP contribution in [-0.2, 0) is 0 Å². The van der Waals surface area contributed by atoms with Crippen molar-refractivity contribution in [1.29, 1.82) is 0 Å². The molecule has 0 radical (unpaired) electrons. The summed E-state index contributed by atoms with van der Waals surface area (Å²) in [7, 11) is 0. The second-order valence-electron chi connectivity index (χ2n) is 3.91. The molecular formula is C15H19Cl. The van der Waals surface area contributed by atoms with Crippen molar-refractivity contribution in [2.45, 2.75) is 39.0 Å². The van der Waals surface area contributed by atoms with Crippen molar-refractivity contribution < 1.29 is 0 Å². The van der Waals surface area contributed by atoms with Crippen LogP contribution < -0.4 is 0 Å². The molecule has 16 heavy (non-hydrogen) atoms. The van der Waals surface area contributed by atoms with Crippen LogP contribution in [0.4, 0.5) is 0 Å². The molecule has 1 heteroatoms. The highest BCUT2D eigenvalue weighted by Crippen LogP contribution is 2.13. The molecule has 0 aliphatic carbocycles. The number of halogens is 1. The van der Waals surface area contributed by atoms with E-state index >= 15 is 0 Å². The average molecular weight is 235 g/mol. The van der Waals surface area contributed by atoms with E-state index in [0.29, 0.717) is 0 Å². The lowest BCUT2D eigenvalue weighted by molar-refractivity contribution is 0.672. The van der Waals surface area contributed by atoms with E-state index in [0.717, 1.165) is 17.0 Å². The van der Waals surface area contributed by atoms with Gasteiger partial charge in [-0.1, -0.05) is 68.1 Å². The Morgan fingerprint density at radius 2 is 1.94 bits per heavy atom. The molecule has 1 rings (SSSR count). The third-order valence-electron chi connectivity index (χ3n) is 2.44. The predicted octanol–water partition coefficient (Wildman–Crippen LogP) is 5.39. The summed E-state index contributed by atoms with van der Waals surface area (Å²) in [6.45, 7) is 2.22. The van der Waals surface area contributed by atoms with E-state index in [-0.39, 0.29) is 0 Å². The second kappa shape index (κ2) is 8.21. The van der Waals surface area contributed by atoms with Gasteiger partial charge in [-0.05, 0) is 24.5 Å². The number of benzene rings is 1. The molecule has 0 N–H and O–H groups in total. The highest BCUT2D eigenvalue weighted by Gasteiger charge is 1.91. The van der Waals surface area contributed by atoms with Crippen molar-refractivity contribution in [1.82, 2.24) is 0 Å². The van der Waals surface area contributed by atoms with E-state index in [1.165, 1.54) is 25.7 Å². The minimum absolute atomic E-state index is 0.833. The molecule has 0 spiro atoms. The van der Waals surface area contributed by atoms with E-state index in [4.69, 9.17) is 11.6 Å². The van der Waals surface area contributed by atoms with E-state index in [1.54, 1.807) is 0 Å². The highest BCUT2D eigenvalue weighted by atomic mass is 35.5. The summed E-state index contributed by atoms with van der Waals surface area (Å²) in [4.78, 5) is 0. The topological polar surface area (TPSA) is 0 Å². The number of rotatable bonds is 6. The van der Waals surface area contributed by atoms with E-state index in [9.17, 15) is 0 Å². The number of unbranched alkanes of at least 4 members (excludes halogenated alkanes) is 3. The van der Waals surface area contributed by atoms with E-state index < -0.39 is 0 Å². The van der Waals surface area contributed by atoms with Gasteiger partial charge in [-0.25, -0.2) is 0 Å². The lowest BCUT2D eigenvalue weighted by Crippen LogP contribution is -1.76. The fourth-order valence-corrected chi connectivity index (χ4v) is 1.68. The zero-order valence-electron chi connectivity index (χ0n) is 9.88. The van der Waals surface area contributed by atoms with Gasteiger partial charge >= 0.3 is 0 Å². The smallest absolute Gasteiger partial charge is 0.0597 e. The monoisotopic (exact) mass is 234 g/mol. The van der Waals surface area contributed by atoms with Crippen molar-refractivity contribution in [3.63, 3.8) is 0 Å². The van der Waals surface area contributed by atoms with E-state index in [2.05, 4.69) is 12.7 Å². The molecule has 1 aromatic carbocycles. The molecule has 0 unspecified atom stereocenters. The van der Waals surface area contributed by atoms with E-state index in [1.807, 2.05) is 36.4 Å². The van der Waals surface area contributed by atoms with Crippen LogP contribution in [0.2, 0.25) is 0 Å². The second-order valence-corrected chi connectivity index (χ2v) is 4.37. The Kier molecular flexibility index (Phi) is 6.72. The molecule has 1 aromatic rings. The zero-order chi connectivity index (χ0) is 11.6. The molecule has 0 fully saturated rings. The normalized spacial score (nSPS) is 9.62. The quantitative estimate of drug-likeness (QED) is 0.457. The van der Waals surface area contributed by atoms with Crippen LogP contribution in [0.3, 0.4) is 0 Å². The van der Waals surface area contributed by atoms with Gasteiger partial charge in [0, 0.05) is 0 Å². The summed E-state index contributed by atoms with van der Waals surface area (Å²) >= 11 is 6.08. The van der Waals surface area contributed by atoms with Gasteiger partial charge in [0.25, 0.3) is 0 Å². The van der Waals surface area contributed by atoms with Gasteiger partial charge in [-0.15, -0.1) is 5.73 Å². The van der Waals surface area contributed by atoms with Crippen LogP contribution in [0.25, 0.3) is 6.08 Å². The molecule has 0 bridgehead atoms. The van der Waals surface area contributed by atoms with Crippen LogP contribution in [-0.4, -0.2) is 0 Å². The van der Waals surface area contributed by atoms with Crippen LogP contribution in [0, 0.1) is 0 Å². The summed E-state index contributed by atoms with van der Waals surface area (Å²) in [5, 5.41) is 0.833. The van der Waals surface area contributed by atoms with Crippen molar-refractivity contribution >= 4 is 17.7 Å². The Bertz CT molecular complexity index is 345. The van der Waals surface area contributed by atoms with Gasteiger partial charge in [-0.3, -0.25) is 0 Å². The Balaban J connectivity index is 2.40. The molecule has 0 aliphatic heterocycles. The summed E-state index contributed by atoms with van der Waals surface area (Å²) in [6, 6.07) is 10.1. The lowest BCUT2D eigenvalue weighted by atomic mass is 10.1. The molecule has 0 heterocycles. The standard InChI is InChI=1S/C15H19Cl/c1-2-3-4-8-11-15(16)13-12-14-9-6-5-7-10-14/h5-7,9-10,12H,2-4,8,11H2,1H3. The van der Waals surface area contributed by atoms with Crippen LogP contribution in [0.5, 0.6) is 0 Å². The van der Waals surface area contributed by atoms with Crippen molar-refractivity contribution in [3.8, 4) is 0 Å². The third kappa shape index (κ3) is 5.80. The van der Waals surface area contributed by atoms with Crippen molar-refractivity contribution in [2.75, 3.05) is 0 Å². The van der Waals surface area contributed by atoms with Crippen LogP contribution in [0.15, 0.2) is 41.1 Å². The van der Waals surface area contributed by atoms with Gasteiger partial charge in [-0.2, -0.15) is 0 Å². The number of allylic oxidation sites excluding steroid dienone is 1. The van der Waals surface area contributed by atoms with Crippen molar-refractivity contribution in [3.05, 3.63) is 46.7 Å². The summed E-state index contributed by atoms with van der Waals surface area (Å²) in [5.41, 5.74) is 4.28. The maximum atomic E-state index is 6.08. The van der Waals surface area contributed by atoms with Gasteiger partial charge in [0.05, 0.1) is 5.03 Å². The van der Waals surface area contributed by atoms with Crippen LogP contribution >= 0.6 is 11.6 Å². The minimum atomic E-state index is 0.833. The maximum Gasteiger partial charge on any atom is 0.0597 e. The fraction of sp³-hybridized carbons (Fsp3) is 0.400. The van der Waals surface area contributed by atoms with Gasteiger partial charge in [0.2, 0.25) is 0 Å². The fourth-order valence-electron chi connectivity index (χ4n) is 1.49. The lowest BCUT2D eigenvalue weighted by Gasteiger charge is -1.96. The maximum absolute atomic E-state index is 6.08. The largest absolute Gasteiger partial charge is 0.104 e. The first-order chi connectivity index (χ1) is 7.83. The Labute approximate surface area is 104 Å². The molecule has 0 amide bonds. The Morgan fingerprint density at radius 1 is 1.19 bits per heavy atom. The van der Waals surface area contributed by atoms with Gasteiger partial charge in [0.15, 0.2) is 0 Å². The molecular weight excluding hydrogens is 216 g/mol. The Hall–Kier alpha value is -0.970. The number of hydrogen-bond donors (Lipinski definition) is 0. The number of hydrogen-bond acceptors (Lipinski definition) is 0. The van der Waals surface area contributed by atoms with Gasteiger partial charge in [0.1, 0.15) is 0 Å². The molecule has 0 aromatic heterocycles. The van der Waals surface area contributed by atoms with Crippen LogP contribution in [0.1, 0.15) is 44.6 Å². The van der Waals surface area contributed by atoms with Gasteiger partial charge < -0.3 is 0 Å². The molecule has 0 nitrogen and oxygen atoms in total. The summed E-state index contributed by atoms with van der Waals surface area (Å²) < 4.78 is 0. The van der Waals surface area contributed by atoms with Crippen molar-refractivity contribution in [2.24, 2.45) is 0 Å². The summed E-state index contributed by atoms with van der Waals surface area (Å²) in [6.07, 6.45) is 7.89. The highest BCUT2D eigenvalue weighted by molar-refractivity contribution is 6.29. The molecule has 86 valence electrons. The molecule has 0 aliphatic rings.